The van der Waals surface area contributed by atoms with Crippen molar-refractivity contribution in [2.24, 2.45) is 4.40 Å². The first kappa shape index (κ1) is 18.5. The van der Waals surface area contributed by atoms with Crippen molar-refractivity contribution in [3.8, 4) is 0 Å². The fourth-order valence-electron chi connectivity index (χ4n) is 2.36. The molecule has 23 heavy (non-hydrogen) atoms. The number of rotatable bonds is 5. The summed E-state index contributed by atoms with van der Waals surface area (Å²) in [6, 6.07) is -0.393. The summed E-state index contributed by atoms with van der Waals surface area (Å²) in [6.45, 7) is 4.14. The van der Waals surface area contributed by atoms with Crippen LogP contribution in [0.4, 0.5) is 0 Å². The molecule has 2 rings (SSSR count). The van der Waals surface area contributed by atoms with Crippen LogP contribution in [0.15, 0.2) is 24.5 Å². The lowest BCUT2D eigenvalue weighted by Crippen LogP contribution is -2.31. The van der Waals surface area contributed by atoms with Crippen LogP contribution in [0.5, 0.6) is 0 Å². The maximum Gasteiger partial charge on any atom is 0.289 e. The van der Waals surface area contributed by atoms with Gasteiger partial charge in [0.1, 0.15) is 14.8 Å². The van der Waals surface area contributed by atoms with Crippen LogP contribution in [0.3, 0.4) is 0 Å². The van der Waals surface area contributed by atoms with E-state index in [1.807, 2.05) is 6.92 Å². The van der Waals surface area contributed by atoms with Gasteiger partial charge in [-0.1, -0.05) is 18.7 Å². The minimum Gasteiger partial charge on any atom is -0.368 e. The Kier molecular flexibility index (Phi) is 5.29. The van der Waals surface area contributed by atoms with Crippen LogP contribution in [0.2, 0.25) is 0 Å². The lowest BCUT2D eigenvalue weighted by atomic mass is 10.0. The van der Waals surface area contributed by atoms with Crippen LogP contribution in [-0.4, -0.2) is 60.0 Å². The largest absolute Gasteiger partial charge is 0.368 e. The highest BCUT2D eigenvalue weighted by Gasteiger charge is 2.43. The number of thioether (sulfide) groups is 1. The Bertz CT molecular complexity index is 779. The van der Waals surface area contributed by atoms with Crippen LogP contribution >= 0.6 is 11.8 Å². The molecule has 130 valence electrons. The van der Waals surface area contributed by atoms with Gasteiger partial charge in [-0.05, 0) is 31.5 Å². The van der Waals surface area contributed by atoms with E-state index in [1.54, 1.807) is 27.1 Å². The summed E-state index contributed by atoms with van der Waals surface area (Å²) in [5.41, 5.74) is 0.750. The van der Waals surface area contributed by atoms with Gasteiger partial charge in [0.05, 0.1) is 11.3 Å². The number of hydrogen-bond acceptors (Lipinski definition) is 6. The van der Waals surface area contributed by atoms with Gasteiger partial charge in [-0.2, -0.15) is 8.42 Å². The zero-order chi connectivity index (χ0) is 17.4. The molecule has 0 aliphatic carbocycles. The van der Waals surface area contributed by atoms with Crippen molar-refractivity contribution in [1.29, 1.82) is 0 Å². The van der Waals surface area contributed by atoms with Gasteiger partial charge in [-0.15, -0.1) is 4.40 Å². The lowest BCUT2D eigenvalue weighted by molar-refractivity contribution is 0.593. The molecular weight excluding hydrogens is 358 g/mol. The second-order valence-corrected chi connectivity index (χ2v) is 11.1. The predicted molar refractivity (Wildman–Crippen MR) is 94.3 cm³/mol. The Morgan fingerprint density at radius 3 is 2.70 bits per heavy atom. The smallest absolute Gasteiger partial charge is 0.289 e. The Balaban J connectivity index is 2.44. The summed E-state index contributed by atoms with van der Waals surface area (Å²) in [4.78, 5) is 1.51. The average Bonchev–Trinajstić information content (AvgIpc) is 2.68. The fourth-order valence-corrected chi connectivity index (χ4v) is 7.34. The molecule has 0 saturated heterocycles. The summed E-state index contributed by atoms with van der Waals surface area (Å²) in [7, 11) is -4.07. The second kappa shape index (κ2) is 6.58. The van der Waals surface area contributed by atoms with Crippen LogP contribution in [0.25, 0.3) is 0 Å². The summed E-state index contributed by atoms with van der Waals surface area (Å²) >= 11 is 0.794. The van der Waals surface area contributed by atoms with E-state index < -0.39 is 31.2 Å². The van der Waals surface area contributed by atoms with Gasteiger partial charge >= 0.3 is 0 Å². The molecule has 0 spiro atoms. The van der Waals surface area contributed by atoms with Gasteiger partial charge < -0.3 is 10.2 Å². The van der Waals surface area contributed by atoms with Crippen molar-refractivity contribution in [3.63, 3.8) is 0 Å². The number of hydrogen-bond donors (Lipinski definition) is 1. The Labute approximate surface area is 141 Å². The van der Waals surface area contributed by atoms with E-state index in [-0.39, 0.29) is 8.47 Å². The minimum atomic E-state index is -3.92. The van der Waals surface area contributed by atoms with Gasteiger partial charge in [-0.25, -0.2) is 8.42 Å². The monoisotopic (exact) mass is 379 g/mol. The third-order valence-corrected chi connectivity index (χ3v) is 9.16. The van der Waals surface area contributed by atoms with E-state index in [1.165, 1.54) is 11.2 Å². The Morgan fingerprint density at radius 1 is 1.48 bits per heavy atom. The highest BCUT2D eigenvalue weighted by atomic mass is 32.3. The van der Waals surface area contributed by atoms with E-state index in [0.29, 0.717) is 13.0 Å². The molecule has 10 heteroatoms. The topological polar surface area (TPSA) is 95.9 Å². The van der Waals surface area contributed by atoms with Crippen LogP contribution in [0.1, 0.15) is 20.3 Å². The molecule has 0 amide bonds. The van der Waals surface area contributed by atoms with Crippen molar-refractivity contribution in [2.45, 2.75) is 31.6 Å². The normalized spacial score (nSPS) is 27.2. The van der Waals surface area contributed by atoms with Gasteiger partial charge in [0.2, 0.25) is 0 Å². The molecule has 0 fully saturated rings. The Hall–Kier alpha value is -0.840. The first-order valence-corrected chi connectivity index (χ1v) is 11.0. The van der Waals surface area contributed by atoms with Gasteiger partial charge in [-0.3, -0.25) is 0 Å². The maximum atomic E-state index is 12.4. The fraction of sp³-hybridized carbons (Fsp3) is 0.615. The van der Waals surface area contributed by atoms with Crippen molar-refractivity contribution in [1.82, 2.24) is 10.2 Å². The highest BCUT2D eigenvalue weighted by Crippen LogP contribution is 2.48. The van der Waals surface area contributed by atoms with E-state index >= 15 is 0 Å². The molecular formula is C13H21N3O4S3. The molecule has 0 unspecified atom stereocenters. The number of nitrogens with one attached hydrogen (secondary N) is 1. The molecule has 2 aliphatic rings. The summed E-state index contributed by atoms with van der Waals surface area (Å²) < 4.78 is 53.3. The van der Waals surface area contributed by atoms with Gasteiger partial charge in [0, 0.05) is 14.1 Å². The molecule has 0 saturated carbocycles. The zero-order valence-electron chi connectivity index (χ0n) is 13.5. The molecule has 2 heterocycles. The summed E-state index contributed by atoms with van der Waals surface area (Å²) in [5.74, 6) is 0. The molecule has 0 aromatic heterocycles. The summed E-state index contributed by atoms with van der Waals surface area (Å²) in [6.07, 6.45) is 3.17. The molecule has 0 radical (unpaired) electrons. The minimum absolute atomic E-state index is 0.0435. The third-order valence-electron chi connectivity index (χ3n) is 3.52. The van der Waals surface area contributed by atoms with Crippen molar-refractivity contribution in [3.05, 3.63) is 20.1 Å². The standard InChI is InChI=1S/C13H21N3O4S3/c1-5-14-11-7-12(23(19,20)15-8-16(3)4)21-13-10(11)6-9(2)22(13,17)18/h7-9,11,14H,5-6H2,1-4H3/b15-8+/t9-,11-/m0/s1. The number of sulfonamides is 1. The van der Waals surface area contributed by atoms with E-state index in [2.05, 4.69) is 9.71 Å². The molecule has 2 aliphatic heterocycles. The maximum absolute atomic E-state index is 12.4. The molecule has 0 aromatic carbocycles. The van der Waals surface area contributed by atoms with Crippen LogP contribution in [-0.2, 0) is 19.9 Å². The molecule has 1 N–H and O–H groups in total. The molecule has 2 atom stereocenters. The van der Waals surface area contributed by atoms with Crippen molar-refractivity contribution in [2.75, 3.05) is 20.6 Å². The van der Waals surface area contributed by atoms with Gasteiger partial charge in [0.15, 0.2) is 9.84 Å². The van der Waals surface area contributed by atoms with Crippen molar-refractivity contribution < 1.29 is 16.8 Å². The lowest BCUT2D eigenvalue weighted by Gasteiger charge is -2.22. The number of nitrogens with zero attached hydrogens (tertiary/aromatic N) is 2. The van der Waals surface area contributed by atoms with Crippen LogP contribution < -0.4 is 5.32 Å². The molecule has 0 aromatic rings. The van der Waals surface area contributed by atoms with Crippen LogP contribution in [0, 0.1) is 0 Å². The van der Waals surface area contributed by atoms with E-state index in [4.69, 9.17) is 0 Å². The third kappa shape index (κ3) is 3.65. The summed E-state index contributed by atoms with van der Waals surface area (Å²) in [5, 5.41) is 2.62. The first-order chi connectivity index (χ1) is 10.6. The Morgan fingerprint density at radius 2 is 2.13 bits per heavy atom. The zero-order valence-corrected chi connectivity index (χ0v) is 15.9. The van der Waals surface area contributed by atoms with E-state index in [9.17, 15) is 16.8 Å². The average molecular weight is 380 g/mol. The van der Waals surface area contributed by atoms with E-state index in [0.717, 1.165) is 17.3 Å². The molecule has 0 bridgehead atoms. The highest BCUT2D eigenvalue weighted by molar-refractivity contribution is 8.28. The first-order valence-electron chi connectivity index (χ1n) is 7.16. The van der Waals surface area contributed by atoms with Gasteiger partial charge in [0.25, 0.3) is 10.0 Å². The number of sulfone groups is 1. The SMILES string of the molecule is CCN[C@H]1C=C(S(=O)(=O)/N=C/N(C)C)SC2=C1C[C@H](C)S2(=O)=O. The predicted octanol–water partition coefficient (Wildman–Crippen LogP) is 0.891. The second-order valence-electron chi connectivity index (χ2n) is 5.66. The molecule has 7 nitrogen and oxygen atoms in total. The van der Waals surface area contributed by atoms with Crippen molar-refractivity contribution >= 4 is 38.0 Å². The number of likely N-dealkylation sites (N-methyl/N-ethyl adjacent to an activating group) is 1. The quantitative estimate of drug-likeness (QED) is 0.560.